The van der Waals surface area contributed by atoms with Crippen molar-refractivity contribution in [1.82, 2.24) is 0 Å². The average molecular weight is 424 g/mol. The number of halogens is 2. The predicted molar refractivity (Wildman–Crippen MR) is 88.4 cm³/mol. The molecule has 0 heterocycles. The maximum Gasteiger partial charge on any atom is 3.00 e. The van der Waals surface area contributed by atoms with Crippen molar-refractivity contribution in [2.24, 2.45) is 0 Å². The van der Waals surface area contributed by atoms with Gasteiger partial charge in [-0.25, -0.2) is 0 Å². The van der Waals surface area contributed by atoms with Crippen LogP contribution < -0.4 is 24.8 Å². The topological polar surface area (TPSA) is 0 Å². The molecule has 0 spiro atoms. The zero-order chi connectivity index (χ0) is 14.3. The fourth-order valence-corrected chi connectivity index (χ4v) is 2.99. The van der Waals surface area contributed by atoms with Crippen molar-refractivity contribution in [3.63, 3.8) is 0 Å². The van der Waals surface area contributed by atoms with E-state index in [0.717, 1.165) is 0 Å². The minimum atomic E-state index is 0. The van der Waals surface area contributed by atoms with Crippen LogP contribution in [0.2, 0.25) is 0 Å². The van der Waals surface area contributed by atoms with E-state index in [-0.39, 0.29) is 56.4 Å². The molecular weight excluding hydrogens is 402 g/mol. The Balaban J connectivity index is 0.00000161. The van der Waals surface area contributed by atoms with Gasteiger partial charge in [0.05, 0.1) is 0 Å². The van der Waals surface area contributed by atoms with Crippen LogP contribution in [-0.4, -0.2) is 0 Å². The van der Waals surface area contributed by atoms with E-state index in [1.54, 1.807) is 0 Å². The van der Waals surface area contributed by atoms with Crippen LogP contribution in [0.1, 0.15) is 31.9 Å². The molecular formula is C20H21Cl2Zr. The first-order valence-electron chi connectivity index (χ1n) is 7.23. The van der Waals surface area contributed by atoms with Gasteiger partial charge in [-0.2, -0.15) is 6.07 Å². The smallest absolute Gasteiger partial charge is 1.00 e. The van der Waals surface area contributed by atoms with E-state index < -0.39 is 0 Å². The van der Waals surface area contributed by atoms with Gasteiger partial charge in [0.15, 0.2) is 0 Å². The molecule has 0 N–H and O–H groups in total. The van der Waals surface area contributed by atoms with Crippen LogP contribution in [-0.2, 0) is 31.6 Å². The van der Waals surface area contributed by atoms with Crippen molar-refractivity contribution in [1.29, 1.82) is 0 Å². The predicted octanol–water partition coefficient (Wildman–Crippen LogP) is -0.163. The number of hydrogen-bond donors (Lipinski definition) is 0. The molecule has 0 saturated heterocycles. The molecule has 0 aliphatic rings. The Labute approximate surface area is 171 Å². The third-order valence-electron chi connectivity index (χ3n) is 3.92. The van der Waals surface area contributed by atoms with Crippen molar-refractivity contribution in [2.75, 3.05) is 0 Å². The Morgan fingerprint density at radius 1 is 0.826 bits per heavy atom. The van der Waals surface area contributed by atoms with E-state index in [1.165, 1.54) is 33.0 Å². The first-order chi connectivity index (χ1) is 9.47. The van der Waals surface area contributed by atoms with Crippen LogP contribution in [0.3, 0.4) is 0 Å². The zero-order valence-corrected chi connectivity index (χ0v) is 17.9. The molecule has 1 radical (unpaired) electrons. The number of hydrogen-bond acceptors (Lipinski definition) is 0. The molecule has 0 fully saturated rings. The summed E-state index contributed by atoms with van der Waals surface area (Å²) in [6, 6.07) is 19.9. The SMILES string of the molecule is Cc1cc2c(-c3ccccc3C(C)(C)C)cccc2[cH-]1.[Cl-].[Cl-].[Zr+3]. The van der Waals surface area contributed by atoms with E-state index in [2.05, 4.69) is 82.3 Å². The molecule has 3 aromatic rings. The molecule has 23 heavy (non-hydrogen) atoms. The van der Waals surface area contributed by atoms with Gasteiger partial charge >= 0.3 is 26.2 Å². The summed E-state index contributed by atoms with van der Waals surface area (Å²) >= 11 is 0. The van der Waals surface area contributed by atoms with Crippen LogP contribution in [0.5, 0.6) is 0 Å². The molecule has 119 valence electrons. The normalized spacial score (nSPS) is 10.4. The quantitative estimate of drug-likeness (QED) is 0.477. The Hall–Kier alpha value is -0.487. The van der Waals surface area contributed by atoms with Gasteiger partial charge < -0.3 is 24.8 Å². The minimum Gasteiger partial charge on any atom is -1.00 e. The fourth-order valence-electron chi connectivity index (χ4n) is 2.99. The van der Waals surface area contributed by atoms with Crippen molar-refractivity contribution in [3.8, 4) is 11.1 Å². The van der Waals surface area contributed by atoms with Crippen LogP contribution in [0.25, 0.3) is 21.9 Å². The van der Waals surface area contributed by atoms with Crippen molar-refractivity contribution in [2.45, 2.75) is 33.1 Å². The maximum absolute atomic E-state index is 2.30. The van der Waals surface area contributed by atoms with Crippen molar-refractivity contribution < 1.29 is 51.0 Å². The number of benzene rings is 2. The molecule has 3 aromatic carbocycles. The Morgan fingerprint density at radius 2 is 1.43 bits per heavy atom. The van der Waals surface area contributed by atoms with Crippen molar-refractivity contribution in [3.05, 3.63) is 65.7 Å². The van der Waals surface area contributed by atoms with E-state index >= 15 is 0 Å². The van der Waals surface area contributed by atoms with Gasteiger partial charge in [0.25, 0.3) is 0 Å². The molecule has 0 nitrogen and oxygen atoms in total. The molecule has 3 rings (SSSR count). The molecule has 0 bridgehead atoms. The molecule has 3 heteroatoms. The Bertz CT molecular complexity index is 767. The third kappa shape index (κ3) is 4.53. The van der Waals surface area contributed by atoms with E-state index in [9.17, 15) is 0 Å². The largest absolute Gasteiger partial charge is 3.00 e. The first kappa shape index (κ1) is 22.5. The van der Waals surface area contributed by atoms with E-state index in [4.69, 9.17) is 0 Å². The van der Waals surface area contributed by atoms with Gasteiger partial charge in [-0.15, -0.1) is 34.5 Å². The van der Waals surface area contributed by atoms with Crippen LogP contribution in [0, 0.1) is 6.92 Å². The summed E-state index contributed by atoms with van der Waals surface area (Å²) in [5.74, 6) is 0. The number of rotatable bonds is 1. The molecule has 0 saturated carbocycles. The van der Waals surface area contributed by atoms with E-state index in [0.29, 0.717) is 0 Å². The fraction of sp³-hybridized carbons (Fsp3) is 0.250. The molecule has 0 amide bonds. The second-order valence-electron chi connectivity index (χ2n) is 6.64. The molecule has 0 aliphatic carbocycles. The summed E-state index contributed by atoms with van der Waals surface area (Å²) < 4.78 is 0. The minimum absolute atomic E-state index is 0. The summed E-state index contributed by atoms with van der Waals surface area (Å²) in [5.41, 5.74) is 5.60. The van der Waals surface area contributed by atoms with E-state index in [1.807, 2.05) is 0 Å². The Kier molecular flexibility index (Phi) is 8.38. The summed E-state index contributed by atoms with van der Waals surface area (Å²) in [6.45, 7) is 9.01. The molecule has 0 aliphatic heterocycles. The van der Waals surface area contributed by atoms with Crippen LogP contribution in [0.15, 0.2) is 54.6 Å². The van der Waals surface area contributed by atoms with Crippen LogP contribution in [0.4, 0.5) is 0 Å². The molecule has 0 atom stereocenters. The van der Waals surface area contributed by atoms with Gasteiger partial charge in [-0.3, -0.25) is 0 Å². The number of aryl methyl sites for hydroxylation is 1. The second-order valence-corrected chi connectivity index (χ2v) is 6.64. The Morgan fingerprint density at radius 3 is 2.09 bits per heavy atom. The van der Waals surface area contributed by atoms with Crippen molar-refractivity contribution >= 4 is 10.8 Å². The first-order valence-corrected chi connectivity index (χ1v) is 7.23. The van der Waals surface area contributed by atoms with Gasteiger partial charge in [0.1, 0.15) is 0 Å². The van der Waals surface area contributed by atoms with Gasteiger partial charge in [0, 0.05) is 0 Å². The third-order valence-corrected chi connectivity index (χ3v) is 3.92. The van der Waals surface area contributed by atoms with Gasteiger partial charge in [-0.1, -0.05) is 63.6 Å². The maximum atomic E-state index is 2.30. The summed E-state index contributed by atoms with van der Waals surface area (Å²) in [4.78, 5) is 0. The monoisotopic (exact) mass is 421 g/mol. The summed E-state index contributed by atoms with van der Waals surface area (Å²) in [7, 11) is 0. The second kappa shape index (κ2) is 8.56. The van der Waals surface area contributed by atoms with Gasteiger partial charge in [-0.05, 0) is 16.5 Å². The molecule has 0 unspecified atom stereocenters. The zero-order valence-electron chi connectivity index (χ0n) is 14.0. The average Bonchev–Trinajstić information content (AvgIpc) is 2.77. The summed E-state index contributed by atoms with van der Waals surface area (Å²) in [6.07, 6.45) is 0. The molecule has 0 aromatic heterocycles. The van der Waals surface area contributed by atoms with Gasteiger partial charge in [0.2, 0.25) is 0 Å². The standard InChI is InChI=1S/C20H21.2ClH.Zr/c1-14-12-15-8-7-10-16(18(15)13-14)17-9-5-6-11-19(17)20(2,3)4;;;/h5-13H,1-4H3;2*1H;/q-1;;;+3/p-2. The number of fused-ring (bicyclic) bond motifs is 1. The summed E-state index contributed by atoms with van der Waals surface area (Å²) in [5, 5.41) is 2.70. The van der Waals surface area contributed by atoms with Crippen LogP contribution >= 0.6 is 0 Å².